The van der Waals surface area contributed by atoms with Crippen molar-refractivity contribution in [2.75, 3.05) is 31.1 Å². The van der Waals surface area contributed by atoms with E-state index in [0.717, 1.165) is 29.5 Å². The van der Waals surface area contributed by atoms with Gasteiger partial charge in [0.1, 0.15) is 0 Å². The number of benzene rings is 1. The highest BCUT2D eigenvalue weighted by molar-refractivity contribution is 6.33. The number of aryl methyl sites for hydroxylation is 1. The minimum absolute atomic E-state index is 0.0370. The first-order chi connectivity index (χ1) is 11.1. The fourth-order valence-electron chi connectivity index (χ4n) is 2.71. The van der Waals surface area contributed by atoms with Crippen molar-refractivity contribution in [3.8, 4) is 0 Å². The number of aromatic nitrogens is 2. The quantitative estimate of drug-likeness (QED) is 0.936. The van der Waals surface area contributed by atoms with Gasteiger partial charge in [0.05, 0.1) is 22.9 Å². The zero-order chi connectivity index (χ0) is 16.2. The molecule has 122 valence electrons. The molecule has 2 aromatic rings. The first kappa shape index (κ1) is 15.7. The first-order valence-electron chi connectivity index (χ1n) is 7.64. The smallest absolute Gasteiger partial charge is 0.317 e. The van der Waals surface area contributed by atoms with Gasteiger partial charge in [-0.25, -0.2) is 4.79 Å². The molecule has 23 heavy (non-hydrogen) atoms. The Kier molecular flexibility index (Phi) is 4.71. The van der Waals surface area contributed by atoms with Crippen molar-refractivity contribution in [3.05, 3.63) is 47.2 Å². The van der Waals surface area contributed by atoms with Crippen molar-refractivity contribution in [2.45, 2.75) is 6.54 Å². The number of anilines is 1. The monoisotopic (exact) mass is 333 g/mol. The van der Waals surface area contributed by atoms with Gasteiger partial charge in [-0.1, -0.05) is 23.7 Å². The Morgan fingerprint density at radius 2 is 1.96 bits per heavy atom. The lowest BCUT2D eigenvalue weighted by atomic mass is 10.2. The van der Waals surface area contributed by atoms with Crippen LogP contribution in [0.1, 0.15) is 5.69 Å². The molecule has 3 rings (SSSR count). The van der Waals surface area contributed by atoms with E-state index in [1.54, 1.807) is 10.9 Å². The van der Waals surface area contributed by atoms with Gasteiger partial charge in [0.25, 0.3) is 0 Å². The van der Waals surface area contributed by atoms with E-state index < -0.39 is 0 Å². The zero-order valence-electron chi connectivity index (χ0n) is 13.1. The topological polar surface area (TPSA) is 53.4 Å². The second kappa shape index (κ2) is 6.91. The highest BCUT2D eigenvalue weighted by Crippen LogP contribution is 2.25. The molecule has 0 aliphatic carbocycles. The molecule has 0 saturated carbocycles. The van der Waals surface area contributed by atoms with E-state index in [2.05, 4.69) is 15.3 Å². The van der Waals surface area contributed by atoms with Crippen LogP contribution in [-0.4, -0.2) is 46.9 Å². The van der Waals surface area contributed by atoms with Gasteiger partial charge >= 0.3 is 6.03 Å². The number of nitrogens with one attached hydrogen (secondary N) is 1. The summed E-state index contributed by atoms with van der Waals surface area (Å²) in [6.07, 6.45) is 1.73. The average molecular weight is 334 g/mol. The Morgan fingerprint density at radius 1 is 1.22 bits per heavy atom. The number of urea groups is 1. The predicted molar refractivity (Wildman–Crippen MR) is 90.7 cm³/mol. The molecule has 2 amide bonds. The van der Waals surface area contributed by atoms with E-state index in [4.69, 9.17) is 11.6 Å². The summed E-state index contributed by atoms with van der Waals surface area (Å²) < 4.78 is 1.76. The molecular weight excluding hydrogens is 314 g/mol. The molecule has 0 atom stereocenters. The fourth-order valence-corrected chi connectivity index (χ4v) is 2.97. The standard InChI is InChI=1S/C16H20ClN5O/c1-20-13(6-7-19-20)12-18-16(23)22-10-8-21(9-11-22)15-5-3-2-4-14(15)17/h2-7H,8-12H2,1H3,(H,18,23). The van der Waals surface area contributed by atoms with Crippen LogP contribution in [0.3, 0.4) is 0 Å². The molecule has 1 saturated heterocycles. The normalized spacial score (nSPS) is 14.9. The average Bonchev–Trinajstić information content (AvgIpc) is 2.98. The van der Waals surface area contributed by atoms with E-state index in [9.17, 15) is 4.79 Å². The van der Waals surface area contributed by atoms with Crippen LogP contribution in [0.2, 0.25) is 5.02 Å². The van der Waals surface area contributed by atoms with Crippen LogP contribution in [0.5, 0.6) is 0 Å². The van der Waals surface area contributed by atoms with Crippen LogP contribution in [0.25, 0.3) is 0 Å². The van der Waals surface area contributed by atoms with Crippen LogP contribution in [-0.2, 0) is 13.6 Å². The first-order valence-corrected chi connectivity index (χ1v) is 8.02. The number of amides is 2. The third-order valence-electron chi connectivity index (χ3n) is 4.10. The lowest BCUT2D eigenvalue weighted by Crippen LogP contribution is -2.51. The molecule has 1 aromatic heterocycles. The van der Waals surface area contributed by atoms with Gasteiger partial charge in [0, 0.05) is 39.4 Å². The summed E-state index contributed by atoms with van der Waals surface area (Å²) in [6.45, 7) is 3.41. The van der Waals surface area contributed by atoms with Crippen molar-refractivity contribution in [2.24, 2.45) is 7.05 Å². The van der Waals surface area contributed by atoms with Crippen molar-refractivity contribution in [3.63, 3.8) is 0 Å². The minimum Gasteiger partial charge on any atom is -0.367 e. The number of halogens is 1. The molecule has 2 heterocycles. The second-order valence-corrected chi connectivity index (χ2v) is 5.94. The molecule has 1 aromatic carbocycles. The van der Waals surface area contributed by atoms with Gasteiger partial charge in [0.15, 0.2) is 0 Å². The molecule has 1 fully saturated rings. The van der Waals surface area contributed by atoms with E-state index in [1.807, 2.05) is 42.3 Å². The predicted octanol–water partition coefficient (Wildman–Crippen LogP) is 2.11. The lowest BCUT2D eigenvalue weighted by Gasteiger charge is -2.36. The summed E-state index contributed by atoms with van der Waals surface area (Å²) in [5.74, 6) is 0. The number of hydrogen-bond acceptors (Lipinski definition) is 3. The highest BCUT2D eigenvalue weighted by Gasteiger charge is 2.22. The Morgan fingerprint density at radius 3 is 2.61 bits per heavy atom. The molecule has 1 aliphatic rings. The van der Waals surface area contributed by atoms with E-state index >= 15 is 0 Å². The maximum absolute atomic E-state index is 12.3. The molecule has 6 nitrogen and oxygen atoms in total. The number of para-hydroxylation sites is 1. The summed E-state index contributed by atoms with van der Waals surface area (Å²) in [5, 5.41) is 7.79. The summed E-state index contributed by atoms with van der Waals surface area (Å²) in [5.41, 5.74) is 2.01. The summed E-state index contributed by atoms with van der Waals surface area (Å²) in [6, 6.07) is 9.67. The van der Waals surface area contributed by atoms with Gasteiger partial charge in [-0.05, 0) is 18.2 Å². The summed E-state index contributed by atoms with van der Waals surface area (Å²) >= 11 is 6.24. The third-order valence-corrected chi connectivity index (χ3v) is 4.42. The Bertz CT molecular complexity index is 679. The highest BCUT2D eigenvalue weighted by atomic mass is 35.5. The van der Waals surface area contributed by atoms with Crippen molar-refractivity contribution < 1.29 is 4.79 Å². The number of nitrogens with zero attached hydrogens (tertiary/aromatic N) is 4. The molecular formula is C16H20ClN5O. The summed E-state index contributed by atoms with van der Waals surface area (Å²) in [4.78, 5) is 16.3. The Balaban J connectivity index is 1.51. The number of carbonyl (C=O) groups excluding carboxylic acids is 1. The van der Waals surface area contributed by atoms with Crippen molar-refractivity contribution >= 4 is 23.3 Å². The third kappa shape index (κ3) is 3.59. The van der Waals surface area contributed by atoms with Gasteiger partial charge in [-0.15, -0.1) is 0 Å². The van der Waals surface area contributed by atoms with Gasteiger partial charge in [-0.2, -0.15) is 5.10 Å². The second-order valence-electron chi connectivity index (χ2n) is 5.53. The molecule has 1 N–H and O–H groups in total. The molecule has 0 unspecified atom stereocenters. The van der Waals surface area contributed by atoms with Crippen LogP contribution in [0.4, 0.5) is 10.5 Å². The SMILES string of the molecule is Cn1nccc1CNC(=O)N1CCN(c2ccccc2Cl)CC1. The van der Waals surface area contributed by atoms with Gasteiger partial charge in [0.2, 0.25) is 0 Å². The van der Waals surface area contributed by atoms with E-state index in [-0.39, 0.29) is 6.03 Å². The number of piperazine rings is 1. The summed E-state index contributed by atoms with van der Waals surface area (Å²) in [7, 11) is 1.86. The van der Waals surface area contributed by atoms with E-state index in [1.165, 1.54) is 0 Å². The number of carbonyl (C=O) groups is 1. The van der Waals surface area contributed by atoms with Crippen LogP contribution in [0, 0.1) is 0 Å². The van der Waals surface area contributed by atoms with Gasteiger partial charge in [-0.3, -0.25) is 4.68 Å². The largest absolute Gasteiger partial charge is 0.367 e. The zero-order valence-corrected chi connectivity index (χ0v) is 13.8. The van der Waals surface area contributed by atoms with Crippen molar-refractivity contribution in [1.82, 2.24) is 20.0 Å². The fraction of sp³-hybridized carbons (Fsp3) is 0.375. The van der Waals surface area contributed by atoms with Gasteiger partial charge < -0.3 is 15.1 Å². The molecule has 0 spiro atoms. The molecule has 7 heteroatoms. The van der Waals surface area contributed by atoms with Crippen LogP contribution >= 0.6 is 11.6 Å². The number of hydrogen-bond donors (Lipinski definition) is 1. The molecule has 1 aliphatic heterocycles. The van der Waals surface area contributed by atoms with E-state index in [0.29, 0.717) is 19.6 Å². The number of rotatable bonds is 3. The molecule has 0 bridgehead atoms. The molecule has 0 radical (unpaired) electrons. The van der Waals surface area contributed by atoms with Crippen LogP contribution in [0.15, 0.2) is 36.5 Å². The maximum Gasteiger partial charge on any atom is 0.317 e. The van der Waals surface area contributed by atoms with Crippen LogP contribution < -0.4 is 10.2 Å². The minimum atomic E-state index is -0.0370. The maximum atomic E-state index is 12.3. The van der Waals surface area contributed by atoms with Crippen molar-refractivity contribution in [1.29, 1.82) is 0 Å². The Labute approximate surface area is 140 Å². The Hall–Kier alpha value is -2.21. The lowest BCUT2D eigenvalue weighted by molar-refractivity contribution is 0.193.